The molecule has 2 bridgehead atoms. The average molecular weight is 365 g/mol. The Morgan fingerprint density at radius 1 is 1.09 bits per heavy atom. The Balaban J connectivity index is 1.62. The first-order valence-corrected chi connectivity index (χ1v) is 8.83. The first-order valence-electron chi connectivity index (χ1n) is 8.04. The van der Waals surface area contributed by atoms with Gasteiger partial charge in [0, 0.05) is 24.7 Å². The fraction of sp³-hybridized carbons (Fsp3) is 0.647. The number of hydrogen-bond acceptors (Lipinski definition) is 4. The van der Waals surface area contributed by atoms with Gasteiger partial charge in [-0.3, -0.25) is 9.59 Å². The van der Waals surface area contributed by atoms with E-state index in [0.717, 1.165) is 25.7 Å². The molecule has 5 heteroatoms. The van der Waals surface area contributed by atoms with Crippen molar-refractivity contribution in [3.05, 3.63) is 24.3 Å². The van der Waals surface area contributed by atoms with E-state index in [1.54, 1.807) is 0 Å². The third-order valence-electron chi connectivity index (χ3n) is 6.04. The maximum Gasteiger partial charge on any atom is 0.169 e. The van der Waals surface area contributed by atoms with Gasteiger partial charge in [0.25, 0.3) is 0 Å². The van der Waals surface area contributed by atoms with Crippen LogP contribution in [0.25, 0.3) is 0 Å². The number of hydrogen-bond donors (Lipinski definition) is 0. The van der Waals surface area contributed by atoms with E-state index < -0.39 is 10.1 Å². The van der Waals surface area contributed by atoms with Gasteiger partial charge in [0.15, 0.2) is 17.4 Å². The minimum atomic E-state index is -0.624. The number of allylic oxidation sites excluding steroid dienone is 2. The van der Waals surface area contributed by atoms with Crippen LogP contribution in [0.3, 0.4) is 0 Å². The lowest BCUT2D eigenvalue weighted by Crippen LogP contribution is -2.65. The second kappa shape index (κ2) is 4.19. The molecular weight excluding hydrogens is 348 g/mol. The minimum absolute atomic E-state index is 0.0187. The molecule has 1 spiro atoms. The predicted octanol–water partition coefficient (Wildman–Crippen LogP) is 2.31. The molecule has 5 aliphatic carbocycles. The molecule has 0 aromatic heterocycles. The zero-order chi connectivity index (χ0) is 15.1. The summed E-state index contributed by atoms with van der Waals surface area (Å²) in [4.78, 5) is 24.9. The maximum absolute atomic E-state index is 12.5. The van der Waals surface area contributed by atoms with Gasteiger partial charge in [-0.05, 0) is 25.0 Å². The number of halogens is 1. The largest absolute Gasteiger partial charge is 0.343 e. The normalized spacial score (nSPS) is 50.7. The van der Waals surface area contributed by atoms with Crippen LogP contribution in [0.1, 0.15) is 25.7 Å². The van der Waals surface area contributed by atoms with Crippen molar-refractivity contribution < 1.29 is 19.1 Å². The van der Waals surface area contributed by atoms with Crippen molar-refractivity contribution in [2.45, 2.75) is 48.0 Å². The van der Waals surface area contributed by atoms with Gasteiger partial charge in [-0.1, -0.05) is 28.1 Å². The Kier molecular flexibility index (Phi) is 2.60. The van der Waals surface area contributed by atoms with Crippen molar-refractivity contribution in [1.82, 2.24) is 0 Å². The molecule has 6 atom stereocenters. The first kappa shape index (κ1) is 13.6. The van der Waals surface area contributed by atoms with Crippen molar-refractivity contribution in [2.24, 2.45) is 17.8 Å². The monoisotopic (exact) mass is 364 g/mol. The van der Waals surface area contributed by atoms with Crippen molar-refractivity contribution in [1.29, 1.82) is 0 Å². The SMILES string of the molecule is O=C1C=CC(=O)[C@@H]2[C@H]1[C@@H]1C=C[C@@]2(Br)[C@H]2OC3(CCCC3)O[C@@H]12. The van der Waals surface area contributed by atoms with Gasteiger partial charge in [-0.25, -0.2) is 0 Å². The standard InChI is InChI=1S/C17H17BrO4/c18-17-8-5-9(12-10(19)3-4-11(20)13(12)17)14-15(17)22-16(21-14)6-1-2-7-16/h3-5,8-9,12-15H,1-2,6-7H2/t9-,12-,13+,14-,15-,17-/m0/s1. The second-order valence-corrected chi connectivity index (χ2v) is 8.52. The number of carbonyl (C=O) groups excluding carboxylic acids is 2. The summed E-state index contributed by atoms with van der Waals surface area (Å²) in [6.07, 6.45) is 10.7. The summed E-state index contributed by atoms with van der Waals surface area (Å²) in [6, 6.07) is 0. The van der Waals surface area contributed by atoms with Crippen LogP contribution in [0.5, 0.6) is 0 Å². The average Bonchev–Trinajstić information content (AvgIpc) is 3.11. The highest BCUT2D eigenvalue weighted by atomic mass is 79.9. The third-order valence-corrected chi connectivity index (χ3v) is 7.25. The van der Waals surface area contributed by atoms with E-state index in [-0.39, 0.29) is 41.5 Å². The highest BCUT2D eigenvalue weighted by Crippen LogP contribution is 2.60. The van der Waals surface area contributed by atoms with Crippen molar-refractivity contribution in [3.8, 4) is 0 Å². The Labute approximate surface area is 137 Å². The maximum atomic E-state index is 12.5. The van der Waals surface area contributed by atoms with Gasteiger partial charge in [0.1, 0.15) is 6.10 Å². The smallest absolute Gasteiger partial charge is 0.169 e. The lowest BCUT2D eigenvalue weighted by Gasteiger charge is -2.53. The number of carbonyl (C=O) groups is 2. The quantitative estimate of drug-likeness (QED) is 0.488. The topological polar surface area (TPSA) is 52.6 Å². The molecule has 0 aromatic carbocycles. The van der Waals surface area contributed by atoms with Gasteiger partial charge in [-0.15, -0.1) is 0 Å². The Bertz CT molecular complexity index is 633. The molecule has 4 nitrogen and oxygen atoms in total. The van der Waals surface area contributed by atoms with Crippen LogP contribution in [-0.4, -0.2) is 33.9 Å². The summed E-state index contributed by atoms with van der Waals surface area (Å²) in [5.74, 6) is -1.19. The van der Waals surface area contributed by atoms with Crippen molar-refractivity contribution in [2.75, 3.05) is 0 Å². The number of ketones is 2. The van der Waals surface area contributed by atoms with Crippen LogP contribution in [0.15, 0.2) is 24.3 Å². The van der Waals surface area contributed by atoms with Crippen LogP contribution in [0.4, 0.5) is 0 Å². The number of rotatable bonds is 0. The van der Waals surface area contributed by atoms with Crippen LogP contribution in [0.2, 0.25) is 0 Å². The minimum Gasteiger partial charge on any atom is -0.343 e. The van der Waals surface area contributed by atoms with E-state index in [9.17, 15) is 9.59 Å². The van der Waals surface area contributed by atoms with E-state index in [4.69, 9.17) is 9.47 Å². The molecule has 0 aromatic rings. The summed E-state index contributed by atoms with van der Waals surface area (Å²) in [6.45, 7) is 0. The van der Waals surface area contributed by atoms with E-state index in [0.29, 0.717) is 0 Å². The van der Waals surface area contributed by atoms with E-state index in [1.165, 1.54) is 12.2 Å². The fourth-order valence-corrected chi connectivity index (χ4v) is 6.12. The molecule has 0 N–H and O–H groups in total. The fourth-order valence-electron chi connectivity index (χ4n) is 5.10. The number of ether oxygens (including phenoxy) is 2. The van der Waals surface area contributed by atoms with Gasteiger partial charge in [-0.2, -0.15) is 0 Å². The van der Waals surface area contributed by atoms with E-state index in [1.807, 2.05) is 6.08 Å². The summed E-state index contributed by atoms with van der Waals surface area (Å²) in [7, 11) is 0. The molecule has 6 rings (SSSR count). The summed E-state index contributed by atoms with van der Waals surface area (Å²) >= 11 is 3.78. The summed E-state index contributed by atoms with van der Waals surface area (Å²) in [5.41, 5.74) is 0. The molecule has 0 radical (unpaired) electrons. The molecule has 2 saturated carbocycles. The first-order chi connectivity index (χ1) is 10.5. The van der Waals surface area contributed by atoms with E-state index in [2.05, 4.69) is 22.0 Å². The molecule has 1 saturated heterocycles. The molecule has 0 amide bonds. The zero-order valence-corrected chi connectivity index (χ0v) is 13.6. The van der Waals surface area contributed by atoms with Gasteiger partial charge in [0.2, 0.25) is 0 Å². The van der Waals surface area contributed by atoms with Gasteiger partial charge in [0.05, 0.1) is 16.3 Å². The number of alkyl halides is 1. The summed E-state index contributed by atoms with van der Waals surface area (Å²) < 4.78 is 12.1. The third kappa shape index (κ3) is 1.50. The molecule has 3 fully saturated rings. The predicted molar refractivity (Wildman–Crippen MR) is 81.4 cm³/mol. The van der Waals surface area contributed by atoms with Crippen LogP contribution < -0.4 is 0 Å². The van der Waals surface area contributed by atoms with Crippen LogP contribution in [0, 0.1) is 17.8 Å². The Morgan fingerprint density at radius 3 is 2.59 bits per heavy atom. The van der Waals surface area contributed by atoms with E-state index >= 15 is 0 Å². The molecular formula is C17H17BrO4. The lowest BCUT2D eigenvalue weighted by molar-refractivity contribution is -0.171. The summed E-state index contributed by atoms with van der Waals surface area (Å²) in [5, 5.41) is 0. The van der Waals surface area contributed by atoms with Crippen LogP contribution in [-0.2, 0) is 19.1 Å². The van der Waals surface area contributed by atoms with Gasteiger partial charge < -0.3 is 9.47 Å². The van der Waals surface area contributed by atoms with Gasteiger partial charge >= 0.3 is 0 Å². The Hall–Kier alpha value is -0.780. The molecule has 1 aliphatic heterocycles. The highest BCUT2D eigenvalue weighted by Gasteiger charge is 2.69. The zero-order valence-electron chi connectivity index (χ0n) is 12.0. The highest BCUT2D eigenvalue weighted by molar-refractivity contribution is 9.10. The molecule has 116 valence electrons. The van der Waals surface area contributed by atoms with Crippen molar-refractivity contribution in [3.63, 3.8) is 0 Å². The Morgan fingerprint density at radius 2 is 1.82 bits per heavy atom. The molecule has 6 aliphatic rings. The lowest BCUT2D eigenvalue weighted by atomic mass is 9.56. The molecule has 22 heavy (non-hydrogen) atoms. The molecule has 0 unspecified atom stereocenters. The second-order valence-electron chi connectivity index (χ2n) is 7.14. The van der Waals surface area contributed by atoms with Crippen LogP contribution >= 0.6 is 15.9 Å². The van der Waals surface area contributed by atoms with Crippen molar-refractivity contribution >= 4 is 27.5 Å². The molecule has 1 heterocycles.